The molecule has 0 amide bonds. The zero-order chi connectivity index (χ0) is 13.9. The monoisotopic (exact) mass is 280 g/mol. The fourth-order valence-electron chi connectivity index (χ4n) is 1.87. The minimum atomic E-state index is -3.43. The first-order valence-electron chi connectivity index (χ1n) is 5.84. The van der Waals surface area contributed by atoms with Gasteiger partial charge in [-0.15, -0.1) is 0 Å². The summed E-state index contributed by atoms with van der Waals surface area (Å²) >= 11 is 0. The van der Waals surface area contributed by atoms with Gasteiger partial charge in [-0.1, -0.05) is 30.3 Å². The number of methoxy groups -OCH3 is 2. The van der Waals surface area contributed by atoms with Gasteiger partial charge in [0, 0.05) is 14.2 Å². The van der Waals surface area contributed by atoms with E-state index in [1.807, 2.05) is 24.3 Å². The van der Waals surface area contributed by atoms with Gasteiger partial charge in [0.2, 0.25) is 0 Å². The number of sulfone groups is 1. The van der Waals surface area contributed by atoms with Crippen molar-refractivity contribution in [1.29, 1.82) is 0 Å². The quantitative estimate of drug-likeness (QED) is 0.788. The van der Waals surface area contributed by atoms with Crippen LogP contribution in [0.1, 0.15) is 0 Å². The van der Waals surface area contributed by atoms with E-state index in [1.165, 1.54) is 14.2 Å². The Balaban J connectivity index is 2.37. The molecule has 0 N–H and O–H groups in total. The second-order valence-electron chi connectivity index (χ2n) is 4.19. The summed E-state index contributed by atoms with van der Waals surface area (Å²) in [5, 5.41) is 1.91. The Morgan fingerprint density at radius 2 is 1.63 bits per heavy atom. The molecule has 0 saturated carbocycles. The molecule has 2 rings (SSSR count). The van der Waals surface area contributed by atoms with E-state index in [2.05, 4.69) is 0 Å². The summed E-state index contributed by atoms with van der Waals surface area (Å²) in [6.45, 7) is 0. The Labute approximate surface area is 112 Å². The summed E-state index contributed by atoms with van der Waals surface area (Å²) < 4.78 is 34.4. The lowest BCUT2D eigenvalue weighted by molar-refractivity contribution is -0.0851. The smallest absolute Gasteiger partial charge is 0.183 e. The second-order valence-corrected chi connectivity index (χ2v) is 6.23. The highest BCUT2D eigenvalue weighted by Gasteiger charge is 2.21. The van der Waals surface area contributed by atoms with Crippen LogP contribution < -0.4 is 0 Å². The number of rotatable bonds is 5. The van der Waals surface area contributed by atoms with Crippen LogP contribution in [0.15, 0.2) is 47.4 Å². The van der Waals surface area contributed by atoms with E-state index in [0.717, 1.165) is 10.8 Å². The third-order valence-electron chi connectivity index (χ3n) is 2.96. The topological polar surface area (TPSA) is 52.6 Å². The lowest BCUT2D eigenvalue weighted by Gasteiger charge is -2.13. The molecule has 0 aliphatic heterocycles. The molecule has 0 aliphatic carbocycles. The predicted octanol–water partition coefficient (Wildman–Crippen LogP) is 2.23. The van der Waals surface area contributed by atoms with Crippen molar-refractivity contribution >= 4 is 20.6 Å². The average Bonchev–Trinajstić information content (AvgIpc) is 2.44. The van der Waals surface area contributed by atoms with Crippen LogP contribution >= 0.6 is 0 Å². The maximum absolute atomic E-state index is 12.2. The molecule has 0 radical (unpaired) electrons. The first-order chi connectivity index (χ1) is 9.06. The van der Waals surface area contributed by atoms with Crippen LogP contribution in [0, 0.1) is 0 Å². The Bertz CT molecular complexity index is 660. The highest BCUT2D eigenvalue weighted by molar-refractivity contribution is 7.91. The van der Waals surface area contributed by atoms with Crippen LogP contribution in [0.25, 0.3) is 10.8 Å². The standard InChI is InChI=1S/C14H16O4S/c1-17-14(18-2)10-19(15,16)13-8-7-11-5-3-4-6-12(11)9-13/h3-9,14H,10H2,1-2H3. The molecule has 2 aromatic carbocycles. The van der Waals surface area contributed by atoms with E-state index in [0.29, 0.717) is 0 Å². The fraction of sp³-hybridized carbons (Fsp3) is 0.286. The summed E-state index contributed by atoms with van der Waals surface area (Å²) in [5.41, 5.74) is 0. The van der Waals surface area contributed by atoms with Crippen molar-refractivity contribution in [2.24, 2.45) is 0 Å². The summed E-state index contributed by atoms with van der Waals surface area (Å²) in [4.78, 5) is 0.283. The van der Waals surface area contributed by atoms with E-state index < -0.39 is 16.1 Å². The zero-order valence-corrected chi connectivity index (χ0v) is 11.7. The maximum atomic E-state index is 12.2. The van der Waals surface area contributed by atoms with Crippen molar-refractivity contribution in [3.05, 3.63) is 42.5 Å². The van der Waals surface area contributed by atoms with Gasteiger partial charge in [-0.05, 0) is 22.9 Å². The van der Waals surface area contributed by atoms with Crippen LogP contribution in [0.3, 0.4) is 0 Å². The molecule has 0 bridgehead atoms. The molecule has 0 fully saturated rings. The van der Waals surface area contributed by atoms with E-state index >= 15 is 0 Å². The molecule has 0 spiro atoms. The van der Waals surface area contributed by atoms with Gasteiger partial charge < -0.3 is 9.47 Å². The van der Waals surface area contributed by atoms with Gasteiger partial charge in [0.25, 0.3) is 0 Å². The largest absolute Gasteiger partial charge is 0.355 e. The van der Waals surface area contributed by atoms with E-state index in [1.54, 1.807) is 18.2 Å². The Morgan fingerprint density at radius 3 is 2.26 bits per heavy atom. The number of hydrogen-bond donors (Lipinski definition) is 0. The fourth-order valence-corrected chi connectivity index (χ4v) is 3.27. The Morgan fingerprint density at radius 1 is 1.00 bits per heavy atom. The third-order valence-corrected chi connectivity index (χ3v) is 4.64. The van der Waals surface area contributed by atoms with Gasteiger partial charge in [-0.2, -0.15) is 0 Å². The van der Waals surface area contributed by atoms with E-state index in [4.69, 9.17) is 9.47 Å². The van der Waals surface area contributed by atoms with E-state index in [-0.39, 0.29) is 10.6 Å². The highest BCUT2D eigenvalue weighted by atomic mass is 32.2. The molecular formula is C14H16O4S. The number of benzene rings is 2. The van der Waals surface area contributed by atoms with Crippen molar-refractivity contribution in [3.8, 4) is 0 Å². The average molecular weight is 280 g/mol. The molecule has 4 nitrogen and oxygen atoms in total. The van der Waals surface area contributed by atoms with Gasteiger partial charge in [0.15, 0.2) is 16.1 Å². The first kappa shape index (κ1) is 14.0. The minimum Gasteiger partial charge on any atom is -0.355 e. The van der Waals surface area contributed by atoms with Gasteiger partial charge in [0.05, 0.1) is 4.90 Å². The predicted molar refractivity (Wildman–Crippen MR) is 73.8 cm³/mol. The van der Waals surface area contributed by atoms with Crippen molar-refractivity contribution in [2.45, 2.75) is 11.2 Å². The number of fused-ring (bicyclic) bond motifs is 1. The van der Waals surface area contributed by atoms with Crippen LogP contribution in [0.5, 0.6) is 0 Å². The van der Waals surface area contributed by atoms with Crippen molar-refractivity contribution in [2.75, 3.05) is 20.0 Å². The molecule has 0 unspecified atom stereocenters. The van der Waals surface area contributed by atoms with Crippen molar-refractivity contribution < 1.29 is 17.9 Å². The maximum Gasteiger partial charge on any atom is 0.183 e. The Kier molecular flexibility index (Phi) is 4.19. The molecule has 0 atom stereocenters. The van der Waals surface area contributed by atoms with Crippen LogP contribution in [-0.4, -0.2) is 34.7 Å². The Hall–Kier alpha value is -1.43. The lowest BCUT2D eigenvalue weighted by Crippen LogP contribution is -2.24. The molecule has 0 saturated heterocycles. The summed E-state index contributed by atoms with van der Waals surface area (Å²) in [7, 11) is -0.584. The summed E-state index contributed by atoms with van der Waals surface area (Å²) in [6.07, 6.45) is -0.753. The van der Waals surface area contributed by atoms with Gasteiger partial charge >= 0.3 is 0 Å². The number of ether oxygens (including phenoxy) is 2. The normalized spacial score (nSPS) is 12.2. The molecule has 2 aromatic rings. The molecule has 5 heteroatoms. The molecule has 0 aromatic heterocycles. The number of hydrogen-bond acceptors (Lipinski definition) is 4. The second kappa shape index (κ2) is 5.69. The van der Waals surface area contributed by atoms with Gasteiger partial charge in [-0.3, -0.25) is 0 Å². The first-order valence-corrected chi connectivity index (χ1v) is 7.49. The third kappa shape index (κ3) is 3.12. The lowest BCUT2D eigenvalue weighted by atomic mass is 10.1. The molecule has 102 valence electrons. The van der Waals surface area contributed by atoms with Gasteiger partial charge in [-0.25, -0.2) is 8.42 Å². The summed E-state index contributed by atoms with van der Waals surface area (Å²) in [5.74, 6) is -0.196. The SMILES string of the molecule is COC(CS(=O)(=O)c1ccc2ccccc2c1)OC. The van der Waals surface area contributed by atoms with Gasteiger partial charge in [0.1, 0.15) is 5.75 Å². The minimum absolute atomic E-state index is 0.196. The molecule has 0 heterocycles. The van der Waals surface area contributed by atoms with E-state index in [9.17, 15) is 8.42 Å². The molecular weight excluding hydrogens is 264 g/mol. The van der Waals surface area contributed by atoms with Crippen LogP contribution in [0.4, 0.5) is 0 Å². The molecule has 0 aliphatic rings. The van der Waals surface area contributed by atoms with Crippen molar-refractivity contribution in [1.82, 2.24) is 0 Å². The molecule has 19 heavy (non-hydrogen) atoms. The highest BCUT2D eigenvalue weighted by Crippen LogP contribution is 2.20. The zero-order valence-electron chi connectivity index (χ0n) is 10.9. The van der Waals surface area contributed by atoms with Crippen LogP contribution in [0.2, 0.25) is 0 Å². The van der Waals surface area contributed by atoms with Crippen molar-refractivity contribution in [3.63, 3.8) is 0 Å². The van der Waals surface area contributed by atoms with Crippen LogP contribution in [-0.2, 0) is 19.3 Å². The summed E-state index contributed by atoms with van der Waals surface area (Å²) in [6, 6.07) is 12.7.